The van der Waals surface area contributed by atoms with E-state index in [2.05, 4.69) is 32.5 Å². The average Bonchev–Trinajstić information content (AvgIpc) is 2.59. The lowest BCUT2D eigenvalue weighted by Gasteiger charge is -1.97. The van der Waals surface area contributed by atoms with Crippen LogP contribution in [0.4, 0.5) is 0 Å². The van der Waals surface area contributed by atoms with Gasteiger partial charge >= 0.3 is 0 Å². The van der Waals surface area contributed by atoms with Gasteiger partial charge in [0.25, 0.3) is 0 Å². The number of likely N-dealkylation sites (N-methyl/N-ethyl adjacent to an activating group) is 1. The predicted octanol–water partition coefficient (Wildman–Crippen LogP) is 2.02. The van der Waals surface area contributed by atoms with Crippen LogP contribution in [-0.2, 0) is 6.54 Å². The summed E-state index contributed by atoms with van der Waals surface area (Å²) < 4.78 is 3.07. The molecule has 2 rings (SSSR count). The van der Waals surface area contributed by atoms with Gasteiger partial charge in [-0.05, 0) is 19.2 Å². The van der Waals surface area contributed by atoms with E-state index in [-0.39, 0.29) is 0 Å². The molecular weight excluding hydrogens is 242 g/mol. The van der Waals surface area contributed by atoms with Gasteiger partial charge in [-0.15, -0.1) is 0 Å². The molecule has 14 heavy (non-hydrogen) atoms. The van der Waals surface area contributed by atoms with E-state index < -0.39 is 0 Å². The molecule has 3 nitrogen and oxygen atoms in total. The van der Waals surface area contributed by atoms with Crippen molar-refractivity contribution >= 4 is 26.8 Å². The van der Waals surface area contributed by atoms with Gasteiger partial charge in [0.15, 0.2) is 0 Å². The third-order valence-electron chi connectivity index (χ3n) is 2.14. The summed E-state index contributed by atoms with van der Waals surface area (Å²) in [5.41, 5.74) is 1.04. The maximum Gasteiger partial charge on any atom is 0.0934 e. The molecule has 0 aliphatic carbocycles. The van der Waals surface area contributed by atoms with E-state index in [1.165, 1.54) is 5.39 Å². The summed E-state index contributed by atoms with van der Waals surface area (Å²) in [7, 11) is 1.94. The van der Waals surface area contributed by atoms with Crippen molar-refractivity contribution in [2.24, 2.45) is 0 Å². The molecule has 0 aliphatic rings. The third-order valence-corrected chi connectivity index (χ3v) is 2.83. The average molecular weight is 254 g/mol. The van der Waals surface area contributed by atoms with Gasteiger partial charge in [0.1, 0.15) is 0 Å². The Hall–Kier alpha value is -0.870. The molecule has 1 heterocycles. The number of hydrogen-bond donors (Lipinski definition) is 1. The largest absolute Gasteiger partial charge is 0.318 e. The van der Waals surface area contributed by atoms with Gasteiger partial charge in [0, 0.05) is 22.6 Å². The highest BCUT2D eigenvalue weighted by Gasteiger charge is 2.02. The predicted molar refractivity (Wildman–Crippen MR) is 61.4 cm³/mol. The van der Waals surface area contributed by atoms with Crippen molar-refractivity contribution in [2.75, 3.05) is 13.6 Å². The first-order chi connectivity index (χ1) is 6.81. The second kappa shape index (κ2) is 4.11. The van der Waals surface area contributed by atoms with Crippen LogP contribution in [0, 0.1) is 0 Å². The highest BCUT2D eigenvalue weighted by atomic mass is 79.9. The molecule has 0 amide bonds. The fourth-order valence-corrected chi connectivity index (χ4v) is 1.86. The van der Waals surface area contributed by atoms with Crippen LogP contribution in [-0.4, -0.2) is 23.4 Å². The smallest absolute Gasteiger partial charge is 0.0934 e. The van der Waals surface area contributed by atoms with Crippen molar-refractivity contribution in [3.63, 3.8) is 0 Å². The number of nitrogens with one attached hydrogen (secondary N) is 1. The fourth-order valence-electron chi connectivity index (χ4n) is 1.40. The Morgan fingerprint density at radius 3 is 3.07 bits per heavy atom. The number of fused-ring (bicyclic) bond motifs is 1. The Bertz CT molecular complexity index is 436. The van der Waals surface area contributed by atoms with Crippen molar-refractivity contribution in [3.8, 4) is 0 Å². The highest BCUT2D eigenvalue weighted by Crippen LogP contribution is 2.22. The number of aromatic nitrogens is 2. The Labute approximate surface area is 91.2 Å². The molecule has 1 aromatic heterocycles. The minimum absolute atomic E-state index is 0.900. The first kappa shape index (κ1) is 9.68. The monoisotopic (exact) mass is 253 g/mol. The second-order valence-corrected chi connectivity index (χ2v) is 4.02. The minimum Gasteiger partial charge on any atom is -0.318 e. The van der Waals surface area contributed by atoms with E-state index in [1.807, 2.05) is 29.9 Å². The van der Waals surface area contributed by atoms with E-state index in [0.717, 1.165) is 23.1 Å². The molecule has 0 atom stereocenters. The first-order valence-corrected chi connectivity index (χ1v) is 5.37. The molecule has 0 spiro atoms. The Balaban J connectivity index is 2.36. The van der Waals surface area contributed by atoms with Crippen LogP contribution in [0.25, 0.3) is 10.9 Å². The van der Waals surface area contributed by atoms with Gasteiger partial charge in [-0.25, -0.2) is 0 Å². The molecule has 0 saturated heterocycles. The number of nitrogens with zero attached hydrogens (tertiary/aromatic N) is 2. The van der Waals surface area contributed by atoms with Crippen LogP contribution in [0.15, 0.2) is 28.9 Å². The maximum absolute atomic E-state index is 4.46. The molecular formula is C10H12BrN3. The quantitative estimate of drug-likeness (QED) is 0.908. The maximum atomic E-state index is 4.46. The van der Waals surface area contributed by atoms with Crippen molar-refractivity contribution in [3.05, 3.63) is 28.9 Å². The minimum atomic E-state index is 0.900. The molecule has 1 N–H and O–H groups in total. The molecule has 2 aromatic rings. The van der Waals surface area contributed by atoms with Crippen LogP contribution in [0.1, 0.15) is 0 Å². The molecule has 1 aromatic carbocycles. The molecule has 0 radical (unpaired) electrons. The molecule has 0 saturated carbocycles. The van der Waals surface area contributed by atoms with Gasteiger partial charge in [-0.2, -0.15) is 5.10 Å². The van der Waals surface area contributed by atoms with Crippen LogP contribution >= 0.6 is 15.9 Å². The number of hydrogen-bond acceptors (Lipinski definition) is 2. The van der Waals surface area contributed by atoms with Crippen LogP contribution in [0.3, 0.4) is 0 Å². The molecule has 0 bridgehead atoms. The SMILES string of the molecule is CNCCn1cc2c(Br)cccc2n1. The summed E-state index contributed by atoms with van der Waals surface area (Å²) in [5, 5.41) is 8.73. The second-order valence-electron chi connectivity index (χ2n) is 3.17. The lowest BCUT2D eigenvalue weighted by molar-refractivity contribution is 0.590. The zero-order valence-electron chi connectivity index (χ0n) is 8.00. The van der Waals surface area contributed by atoms with Gasteiger partial charge in [-0.3, -0.25) is 4.68 Å². The van der Waals surface area contributed by atoms with Crippen molar-refractivity contribution < 1.29 is 0 Å². The van der Waals surface area contributed by atoms with Crippen molar-refractivity contribution in [1.29, 1.82) is 0 Å². The Morgan fingerprint density at radius 1 is 1.50 bits per heavy atom. The van der Waals surface area contributed by atoms with E-state index in [4.69, 9.17) is 0 Å². The molecule has 0 unspecified atom stereocenters. The summed E-state index contributed by atoms with van der Waals surface area (Å²) in [6, 6.07) is 6.06. The summed E-state index contributed by atoms with van der Waals surface area (Å²) in [5.74, 6) is 0. The molecule has 74 valence electrons. The highest BCUT2D eigenvalue weighted by molar-refractivity contribution is 9.10. The van der Waals surface area contributed by atoms with E-state index >= 15 is 0 Å². The van der Waals surface area contributed by atoms with Crippen LogP contribution in [0.5, 0.6) is 0 Å². The van der Waals surface area contributed by atoms with Gasteiger partial charge in [0.05, 0.1) is 12.1 Å². The topological polar surface area (TPSA) is 29.9 Å². The van der Waals surface area contributed by atoms with Gasteiger partial charge < -0.3 is 5.32 Å². The fraction of sp³-hybridized carbons (Fsp3) is 0.300. The van der Waals surface area contributed by atoms with E-state index in [0.29, 0.717) is 0 Å². The first-order valence-electron chi connectivity index (χ1n) is 4.57. The number of benzene rings is 1. The molecule has 0 aliphatic heterocycles. The van der Waals surface area contributed by atoms with Gasteiger partial charge in [0.2, 0.25) is 0 Å². The summed E-state index contributed by atoms with van der Waals surface area (Å²) >= 11 is 3.51. The summed E-state index contributed by atoms with van der Waals surface area (Å²) in [6.45, 7) is 1.84. The number of halogens is 1. The zero-order chi connectivity index (χ0) is 9.97. The van der Waals surface area contributed by atoms with Gasteiger partial charge in [-0.1, -0.05) is 22.0 Å². The van der Waals surface area contributed by atoms with Crippen molar-refractivity contribution in [2.45, 2.75) is 6.54 Å². The van der Waals surface area contributed by atoms with E-state index in [1.54, 1.807) is 0 Å². The lowest BCUT2D eigenvalue weighted by Crippen LogP contribution is -2.14. The zero-order valence-corrected chi connectivity index (χ0v) is 9.58. The molecule has 0 fully saturated rings. The normalized spacial score (nSPS) is 11.0. The lowest BCUT2D eigenvalue weighted by atomic mass is 10.3. The van der Waals surface area contributed by atoms with Crippen molar-refractivity contribution in [1.82, 2.24) is 15.1 Å². The van der Waals surface area contributed by atoms with Crippen LogP contribution in [0.2, 0.25) is 0 Å². The third kappa shape index (κ3) is 1.81. The molecule has 4 heteroatoms. The summed E-state index contributed by atoms with van der Waals surface area (Å²) in [4.78, 5) is 0. The van der Waals surface area contributed by atoms with E-state index in [9.17, 15) is 0 Å². The Kier molecular flexibility index (Phi) is 2.84. The number of rotatable bonds is 3. The standard InChI is InChI=1S/C10H12BrN3/c1-12-5-6-14-7-8-9(11)3-2-4-10(8)13-14/h2-4,7,12H,5-6H2,1H3. The van der Waals surface area contributed by atoms with Crippen LogP contribution < -0.4 is 5.32 Å². The Morgan fingerprint density at radius 2 is 2.36 bits per heavy atom. The summed E-state index contributed by atoms with van der Waals surface area (Å²) in [6.07, 6.45) is 2.07.